The molecule has 0 unspecified atom stereocenters. The second-order valence-electron chi connectivity index (χ2n) is 8.02. The molecule has 1 N–H and O–H groups in total. The average Bonchev–Trinajstić information content (AvgIpc) is 2.86. The molecule has 1 aliphatic rings. The third kappa shape index (κ3) is 2.69. The molecule has 0 radical (unpaired) electrons. The number of halogens is 1. The summed E-state index contributed by atoms with van der Waals surface area (Å²) in [5.74, 6) is 0.590. The SMILES string of the molecule is C[C@@H](Cl)[C@@H]1CN(C(C)(C)C)c2cc(O)c3ccc(N(C)C)cc3c21. The number of hydrogen-bond acceptors (Lipinski definition) is 3. The van der Waals surface area contributed by atoms with E-state index < -0.39 is 0 Å². The van der Waals surface area contributed by atoms with Gasteiger partial charge in [-0.3, -0.25) is 0 Å². The minimum absolute atomic E-state index is 0.0193. The Bertz CT molecular complexity index is 777. The van der Waals surface area contributed by atoms with Gasteiger partial charge in [-0.05, 0) is 56.8 Å². The highest BCUT2D eigenvalue weighted by Crippen LogP contribution is 2.49. The van der Waals surface area contributed by atoms with Crippen LogP contribution in [0, 0.1) is 0 Å². The predicted molar refractivity (Wildman–Crippen MR) is 105 cm³/mol. The van der Waals surface area contributed by atoms with E-state index in [4.69, 9.17) is 11.6 Å². The maximum atomic E-state index is 10.6. The van der Waals surface area contributed by atoms with E-state index in [1.165, 1.54) is 5.56 Å². The summed E-state index contributed by atoms with van der Waals surface area (Å²) in [7, 11) is 4.07. The lowest BCUT2D eigenvalue weighted by Crippen LogP contribution is -2.41. The Hall–Kier alpha value is -1.61. The minimum atomic E-state index is -0.0193. The number of rotatable bonds is 2. The third-order valence-electron chi connectivity index (χ3n) is 5.04. The summed E-state index contributed by atoms with van der Waals surface area (Å²) in [6, 6.07) is 8.14. The molecule has 2 aromatic carbocycles. The standard InChI is InChI=1S/C20H27ClN2O/c1-12(21)16-11-23(20(2,3)4)17-10-18(24)14-8-7-13(22(5)6)9-15(14)19(16)17/h7-10,12,16,24H,11H2,1-6H3/t12-,16+/m1/s1. The van der Waals surface area contributed by atoms with Crippen molar-refractivity contribution in [1.29, 1.82) is 0 Å². The lowest BCUT2D eigenvalue weighted by Gasteiger charge is -2.35. The van der Waals surface area contributed by atoms with Gasteiger partial charge in [0.1, 0.15) is 5.75 Å². The number of benzene rings is 2. The van der Waals surface area contributed by atoms with E-state index in [-0.39, 0.29) is 16.8 Å². The van der Waals surface area contributed by atoms with Gasteiger partial charge in [0, 0.05) is 60.3 Å². The molecule has 4 heteroatoms. The van der Waals surface area contributed by atoms with Crippen LogP contribution in [0.25, 0.3) is 10.8 Å². The fourth-order valence-electron chi connectivity index (χ4n) is 3.69. The number of fused-ring (bicyclic) bond motifs is 3. The number of nitrogens with zero attached hydrogens (tertiary/aromatic N) is 2. The van der Waals surface area contributed by atoms with Gasteiger partial charge in [-0.2, -0.15) is 0 Å². The Labute approximate surface area is 149 Å². The van der Waals surface area contributed by atoms with Crippen LogP contribution in [-0.2, 0) is 0 Å². The van der Waals surface area contributed by atoms with Crippen LogP contribution in [0.4, 0.5) is 11.4 Å². The van der Waals surface area contributed by atoms with E-state index in [1.807, 2.05) is 32.3 Å². The summed E-state index contributed by atoms with van der Waals surface area (Å²) < 4.78 is 0. The maximum absolute atomic E-state index is 10.6. The van der Waals surface area contributed by atoms with E-state index in [1.54, 1.807) is 0 Å². The molecule has 3 nitrogen and oxygen atoms in total. The van der Waals surface area contributed by atoms with Crippen LogP contribution >= 0.6 is 11.6 Å². The summed E-state index contributed by atoms with van der Waals surface area (Å²) in [6.45, 7) is 9.56. The third-order valence-corrected chi connectivity index (χ3v) is 5.34. The molecule has 2 atom stereocenters. The first-order chi connectivity index (χ1) is 11.1. The second kappa shape index (κ2) is 5.73. The molecule has 0 bridgehead atoms. The van der Waals surface area contributed by atoms with Crippen molar-refractivity contribution in [3.8, 4) is 5.75 Å². The van der Waals surface area contributed by atoms with Crippen molar-refractivity contribution >= 4 is 33.7 Å². The Balaban J connectivity index is 2.34. The number of phenolic OH excluding ortho intramolecular Hbond substituents is 1. The van der Waals surface area contributed by atoms with Crippen molar-refractivity contribution in [3.63, 3.8) is 0 Å². The Morgan fingerprint density at radius 3 is 2.42 bits per heavy atom. The molecule has 0 amide bonds. The van der Waals surface area contributed by atoms with Crippen molar-refractivity contribution in [2.24, 2.45) is 0 Å². The highest BCUT2D eigenvalue weighted by atomic mass is 35.5. The van der Waals surface area contributed by atoms with Gasteiger partial charge in [0.2, 0.25) is 0 Å². The van der Waals surface area contributed by atoms with E-state index in [0.717, 1.165) is 28.7 Å². The Morgan fingerprint density at radius 2 is 1.88 bits per heavy atom. The fourth-order valence-corrected chi connectivity index (χ4v) is 3.89. The molecular weight excluding hydrogens is 320 g/mol. The maximum Gasteiger partial charge on any atom is 0.125 e. The van der Waals surface area contributed by atoms with Crippen molar-refractivity contribution in [3.05, 3.63) is 29.8 Å². The first-order valence-corrected chi connectivity index (χ1v) is 8.93. The van der Waals surface area contributed by atoms with E-state index >= 15 is 0 Å². The number of anilines is 2. The molecule has 24 heavy (non-hydrogen) atoms. The fraction of sp³-hybridized carbons (Fsp3) is 0.500. The molecule has 0 saturated heterocycles. The zero-order valence-electron chi connectivity index (χ0n) is 15.4. The van der Waals surface area contributed by atoms with Gasteiger partial charge in [0.05, 0.1) is 0 Å². The number of alkyl halides is 1. The lowest BCUT2D eigenvalue weighted by molar-refractivity contribution is 0.479. The van der Waals surface area contributed by atoms with Gasteiger partial charge in [0.25, 0.3) is 0 Å². The van der Waals surface area contributed by atoms with Crippen molar-refractivity contribution < 1.29 is 5.11 Å². The van der Waals surface area contributed by atoms with Crippen LogP contribution in [0.2, 0.25) is 0 Å². The number of phenols is 1. The van der Waals surface area contributed by atoms with E-state index in [0.29, 0.717) is 5.75 Å². The van der Waals surface area contributed by atoms with Crippen LogP contribution in [0.3, 0.4) is 0 Å². The first kappa shape index (κ1) is 17.2. The second-order valence-corrected chi connectivity index (χ2v) is 8.71. The van der Waals surface area contributed by atoms with Gasteiger partial charge < -0.3 is 14.9 Å². The highest BCUT2D eigenvalue weighted by Gasteiger charge is 2.38. The minimum Gasteiger partial charge on any atom is -0.507 e. The first-order valence-electron chi connectivity index (χ1n) is 8.50. The quantitative estimate of drug-likeness (QED) is 0.780. The molecule has 1 aliphatic heterocycles. The summed E-state index contributed by atoms with van der Waals surface area (Å²) in [6.07, 6.45) is 0. The van der Waals surface area contributed by atoms with Gasteiger partial charge in [-0.1, -0.05) is 0 Å². The molecular formula is C20H27ClN2O. The van der Waals surface area contributed by atoms with Crippen LogP contribution in [0.1, 0.15) is 39.2 Å². The molecule has 0 fully saturated rings. The molecule has 1 heterocycles. The molecule has 130 valence electrons. The summed E-state index contributed by atoms with van der Waals surface area (Å²) in [5.41, 5.74) is 3.49. The largest absolute Gasteiger partial charge is 0.507 e. The smallest absolute Gasteiger partial charge is 0.125 e. The van der Waals surface area contributed by atoms with E-state index in [9.17, 15) is 5.11 Å². The molecule has 2 aromatic rings. The van der Waals surface area contributed by atoms with Gasteiger partial charge in [0.15, 0.2) is 0 Å². The molecule has 3 rings (SSSR count). The zero-order chi connectivity index (χ0) is 17.8. The van der Waals surface area contributed by atoms with Crippen LogP contribution < -0.4 is 9.80 Å². The summed E-state index contributed by atoms with van der Waals surface area (Å²) in [4.78, 5) is 4.46. The average molecular weight is 347 g/mol. The summed E-state index contributed by atoms with van der Waals surface area (Å²) >= 11 is 6.57. The van der Waals surface area contributed by atoms with Crippen molar-refractivity contribution in [1.82, 2.24) is 0 Å². The van der Waals surface area contributed by atoms with Gasteiger partial charge in [-0.25, -0.2) is 0 Å². The Kier molecular flexibility index (Phi) is 4.11. The van der Waals surface area contributed by atoms with Gasteiger partial charge in [-0.15, -0.1) is 11.6 Å². The normalized spacial score (nSPS) is 18.8. The van der Waals surface area contributed by atoms with Crippen LogP contribution in [-0.4, -0.2) is 36.7 Å². The highest BCUT2D eigenvalue weighted by molar-refractivity contribution is 6.21. The van der Waals surface area contributed by atoms with Crippen molar-refractivity contribution in [2.45, 2.75) is 44.5 Å². The molecule has 0 spiro atoms. The monoisotopic (exact) mass is 346 g/mol. The number of hydrogen-bond donors (Lipinski definition) is 1. The molecule has 0 aromatic heterocycles. The van der Waals surface area contributed by atoms with Crippen molar-refractivity contribution in [2.75, 3.05) is 30.4 Å². The molecule has 0 aliphatic carbocycles. The Morgan fingerprint density at radius 1 is 1.21 bits per heavy atom. The zero-order valence-corrected chi connectivity index (χ0v) is 16.1. The van der Waals surface area contributed by atoms with E-state index in [2.05, 4.69) is 43.6 Å². The molecule has 0 saturated carbocycles. The predicted octanol–water partition coefficient (Wildman–Crippen LogP) is 4.94. The van der Waals surface area contributed by atoms with Gasteiger partial charge >= 0.3 is 0 Å². The van der Waals surface area contributed by atoms with Crippen LogP contribution in [0.5, 0.6) is 5.75 Å². The number of aromatic hydroxyl groups is 1. The topological polar surface area (TPSA) is 26.7 Å². The van der Waals surface area contributed by atoms with Crippen LogP contribution in [0.15, 0.2) is 24.3 Å². The lowest BCUT2D eigenvalue weighted by atomic mass is 9.92. The summed E-state index contributed by atoms with van der Waals surface area (Å²) in [5, 5.41) is 12.6.